The topological polar surface area (TPSA) is 35.5 Å². The zero-order valence-electron chi connectivity index (χ0n) is 10.2. The van der Waals surface area contributed by atoms with Gasteiger partial charge in [0.25, 0.3) is 0 Å². The van der Waals surface area contributed by atoms with E-state index >= 15 is 0 Å². The number of hydrogen-bond donors (Lipinski definition) is 0. The molecule has 3 nitrogen and oxygen atoms in total. The minimum absolute atomic E-state index is 0.557. The van der Waals surface area contributed by atoms with Crippen molar-refractivity contribution in [3.63, 3.8) is 0 Å². The number of esters is 1. The van der Waals surface area contributed by atoms with Gasteiger partial charge < -0.3 is 9.47 Å². The fraction of sp³-hybridized carbons (Fsp3) is 0.214. The van der Waals surface area contributed by atoms with E-state index in [0.717, 1.165) is 6.08 Å². The highest BCUT2D eigenvalue weighted by Gasteiger charge is 2.41. The first kappa shape index (κ1) is 13.3. The number of carbonyl (C=O) groups excluding carboxylic acids is 1. The van der Waals surface area contributed by atoms with E-state index in [9.17, 15) is 13.6 Å². The van der Waals surface area contributed by atoms with Gasteiger partial charge in [0.1, 0.15) is 5.75 Å². The summed E-state index contributed by atoms with van der Waals surface area (Å²) in [5.74, 6) is -3.28. The largest absolute Gasteiger partial charge is 0.497 e. The Kier molecular flexibility index (Phi) is 3.64. The maximum atomic E-state index is 13.4. The predicted octanol–water partition coefficient (Wildman–Crippen LogP) is 2.83. The fourth-order valence-corrected chi connectivity index (χ4v) is 1.60. The van der Waals surface area contributed by atoms with Gasteiger partial charge in [0, 0.05) is 6.08 Å². The molecule has 100 valence electrons. The van der Waals surface area contributed by atoms with E-state index in [1.54, 1.807) is 31.4 Å². The third-order valence-corrected chi connectivity index (χ3v) is 2.64. The van der Waals surface area contributed by atoms with Crippen LogP contribution in [0.25, 0.3) is 6.08 Å². The smallest absolute Gasteiger partial charge is 0.331 e. The molecule has 1 atom stereocenters. The van der Waals surface area contributed by atoms with Crippen molar-refractivity contribution in [1.82, 2.24) is 0 Å². The third kappa shape index (κ3) is 3.19. The molecular weight excluding hydrogens is 254 g/mol. The van der Waals surface area contributed by atoms with E-state index in [1.165, 1.54) is 12.2 Å². The molecule has 1 aromatic carbocycles. The van der Waals surface area contributed by atoms with Gasteiger partial charge >= 0.3 is 11.9 Å². The van der Waals surface area contributed by atoms with Crippen LogP contribution < -0.4 is 4.74 Å². The molecule has 0 N–H and O–H groups in total. The summed E-state index contributed by atoms with van der Waals surface area (Å²) in [6, 6.07) is 6.86. The van der Waals surface area contributed by atoms with Crippen LogP contribution in [-0.4, -0.2) is 25.1 Å². The Bertz CT molecular complexity index is 518. The SMILES string of the molecule is COc1ccc(/C=C/[C@@H]2OC(=O)C=CC2(F)F)cc1. The molecule has 1 aliphatic rings. The van der Waals surface area contributed by atoms with Gasteiger partial charge in [0.05, 0.1) is 7.11 Å². The van der Waals surface area contributed by atoms with Crippen LogP contribution in [0.15, 0.2) is 42.5 Å². The number of ether oxygens (including phenoxy) is 2. The van der Waals surface area contributed by atoms with E-state index in [0.29, 0.717) is 17.4 Å². The number of rotatable bonds is 3. The molecular formula is C14H12F2O3. The second-order valence-electron chi connectivity index (χ2n) is 4.00. The molecule has 2 rings (SSSR count). The Labute approximate surface area is 109 Å². The molecule has 1 aliphatic heterocycles. The first-order chi connectivity index (χ1) is 9.01. The molecule has 0 aliphatic carbocycles. The van der Waals surface area contributed by atoms with Crippen LogP contribution in [-0.2, 0) is 9.53 Å². The number of carbonyl (C=O) groups is 1. The van der Waals surface area contributed by atoms with Crippen molar-refractivity contribution in [3.05, 3.63) is 48.1 Å². The van der Waals surface area contributed by atoms with E-state index in [-0.39, 0.29) is 0 Å². The second-order valence-corrected chi connectivity index (χ2v) is 4.00. The van der Waals surface area contributed by atoms with Gasteiger partial charge in [-0.15, -0.1) is 0 Å². The fourth-order valence-electron chi connectivity index (χ4n) is 1.60. The summed E-state index contributed by atoms with van der Waals surface area (Å²) in [6.07, 6.45) is 2.36. The minimum Gasteiger partial charge on any atom is -0.497 e. The van der Waals surface area contributed by atoms with Crippen molar-refractivity contribution < 1.29 is 23.0 Å². The Morgan fingerprint density at radius 1 is 1.32 bits per heavy atom. The van der Waals surface area contributed by atoms with E-state index < -0.39 is 18.0 Å². The van der Waals surface area contributed by atoms with Crippen LogP contribution in [0.4, 0.5) is 8.78 Å². The summed E-state index contributed by atoms with van der Waals surface area (Å²) in [7, 11) is 1.54. The summed E-state index contributed by atoms with van der Waals surface area (Å²) in [6.45, 7) is 0. The Balaban J connectivity index is 2.13. The molecule has 1 heterocycles. The van der Waals surface area contributed by atoms with Crippen LogP contribution in [0, 0.1) is 0 Å². The first-order valence-corrected chi connectivity index (χ1v) is 5.61. The molecule has 0 radical (unpaired) electrons. The van der Waals surface area contributed by atoms with Gasteiger partial charge in [-0.05, 0) is 29.8 Å². The quantitative estimate of drug-likeness (QED) is 0.789. The molecule has 19 heavy (non-hydrogen) atoms. The zero-order chi connectivity index (χ0) is 13.9. The number of alkyl halides is 2. The van der Waals surface area contributed by atoms with Crippen molar-refractivity contribution in [2.45, 2.75) is 12.0 Å². The summed E-state index contributed by atoms with van der Waals surface area (Å²) >= 11 is 0. The highest BCUT2D eigenvalue weighted by Crippen LogP contribution is 2.28. The Morgan fingerprint density at radius 2 is 2.00 bits per heavy atom. The van der Waals surface area contributed by atoms with Crippen LogP contribution >= 0.6 is 0 Å². The van der Waals surface area contributed by atoms with E-state index in [1.807, 2.05) is 0 Å². The minimum atomic E-state index is -3.18. The van der Waals surface area contributed by atoms with Crippen LogP contribution in [0.5, 0.6) is 5.75 Å². The van der Waals surface area contributed by atoms with Gasteiger partial charge in [-0.1, -0.05) is 18.2 Å². The van der Waals surface area contributed by atoms with Gasteiger partial charge in [-0.3, -0.25) is 0 Å². The first-order valence-electron chi connectivity index (χ1n) is 5.61. The second kappa shape index (κ2) is 5.22. The van der Waals surface area contributed by atoms with Crippen molar-refractivity contribution in [2.75, 3.05) is 7.11 Å². The normalized spacial score (nSPS) is 21.4. The van der Waals surface area contributed by atoms with E-state index in [2.05, 4.69) is 4.74 Å². The Morgan fingerprint density at radius 3 is 2.63 bits per heavy atom. The molecule has 0 bridgehead atoms. The molecule has 0 spiro atoms. The summed E-state index contributed by atoms with van der Waals surface area (Å²) in [5, 5.41) is 0. The number of methoxy groups -OCH3 is 1. The standard InChI is InChI=1S/C14H12F2O3/c1-18-11-5-2-10(3-6-11)4-7-12-14(15,16)9-8-13(17)19-12/h2-9,12H,1H3/b7-4+/t12-/m0/s1. The predicted molar refractivity (Wildman–Crippen MR) is 66.0 cm³/mol. The number of hydrogen-bond acceptors (Lipinski definition) is 3. The zero-order valence-corrected chi connectivity index (χ0v) is 10.2. The lowest BCUT2D eigenvalue weighted by Gasteiger charge is -2.24. The summed E-state index contributed by atoms with van der Waals surface area (Å²) in [5.41, 5.74) is 0.710. The lowest BCUT2D eigenvalue weighted by Crippen LogP contribution is -2.37. The highest BCUT2D eigenvalue weighted by molar-refractivity contribution is 5.83. The van der Waals surface area contributed by atoms with Crippen molar-refractivity contribution in [1.29, 1.82) is 0 Å². The lowest BCUT2D eigenvalue weighted by molar-refractivity contribution is -0.157. The third-order valence-electron chi connectivity index (χ3n) is 2.64. The maximum Gasteiger partial charge on any atom is 0.331 e. The molecule has 0 saturated heterocycles. The van der Waals surface area contributed by atoms with Gasteiger partial charge in [-0.2, -0.15) is 8.78 Å². The highest BCUT2D eigenvalue weighted by atomic mass is 19.3. The van der Waals surface area contributed by atoms with Gasteiger partial charge in [0.2, 0.25) is 0 Å². The molecule has 0 fully saturated rings. The summed E-state index contributed by atoms with van der Waals surface area (Å²) < 4.78 is 36.4. The molecule has 0 saturated carbocycles. The number of benzene rings is 1. The van der Waals surface area contributed by atoms with Gasteiger partial charge in [-0.25, -0.2) is 4.79 Å². The van der Waals surface area contributed by atoms with Crippen molar-refractivity contribution in [2.24, 2.45) is 0 Å². The van der Waals surface area contributed by atoms with Crippen molar-refractivity contribution >= 4 is 12.0 Å². The molecule has 0 unspecified atom stereocenters. The Hall–Kier alpha value is -2.17. The molecule has 5 heteroatoms. The lowest BCUT2D eigenvalue weighted by atomic mass is 10.1. The van der Waals surface area contributed by atoms with Crippen molar-refractivity contribution in [3.8, 4) is 5.75 Å². The molecule has 0 amide bonds. The monoisotopic (exact) mass is 266 g/mol. The number of halogens is 2. The number of cyclic esters (lactones) is 1. The van der Waals surface area contributed by atoms with Gasteiger partial charge in [0.15, 0.2) is 6.10 Å². The van der Waals surface area contributed by atoms with Crippen LogP contribution in [0.1, 0.15) is 5.56 Å². The maximum absolute atomic E-state index is 13.4. The molecule has 0 aromatic heterocycles. The van der Waals surface area contributed by atoms with E-state index in [4.69, 9.17) is 4.74 Å². The average molecular weight is 266 g/mol. The average Bonchev–Trinajstić information content (AvgIpc) is 2.40. The van der Waals surface area contributed by atoms with Crippen LogP contribution in [0.2, 0.25) is 0 Å². The summed E-state index contributed by atoms with van der Waals surface area (Å²) in [4.78, 5) is 11.0. The van der Waals surface area contributed by atoms with Crippen LogP contribution in [0.3, 0.4) is 0 Å². The molecule has 1 aromatic rings.